The number of sulfonamides is 1. The molecule has 0 aliphatic carbocycles. The van der Waals surface area contributed by atoms with Gasteiger partial charge < -0.3 is 0 Å². The molecule has 0 bridgehead atoms. The summed E-state index contributed by atoms with van der Waals surface area (Å²) in [6, 6.07) is 19.7. The molecule has 1 aliphatic rings. The number of hydrogen-bond acceptors (Lipinski definition) is 3. The molecule has 1 heterocycles. The first-order valence-corrected chi connectivity index (χ1v) is 12.8. The van der Waals surface area contributed by atoms with Crippen molar-refractivity contribution in [1.29, 1.82) is 0 Å². The zero-order valence-electron chi connectivity index (χ0n) is 19.6. The van der Waals surface area contributed by atoms with Crippen molar-refractivity contribution in [1.82, 2.24) is 4.90 Å². The van der Waals surface area contributed by atoms with Crippen LogP contribution < -0.4 is 4.72 Å². The Morgan fingerprint density at radius 3 is 2.24 bits per heavy atom. The van der Waals surface area contributed by atoms with Crippen LogP contribution in [0.25, 0.3) is 0 Å². The van der Waals surface area contributed by atoms with Crippen molar-refractivity contribution in [3.63, 3.8) is 0 Å². The van der Waals surface area contributed by atoms with Gasteiger partial charge in [0.15, 0.2) is 0 Å². The van der Waals surface area contributed by atoms with Crippen molar-refractivity contribution in [2.45, 2.75) is 57.0 Å². The number of benzene rings is 3. The van der Waals surface area contributed by atoms with E-state index in [0.29, 0.717) is 12.2 Å². The Kier molecular flexibility index (Phi) is 6.34. The maximum Gasteiger partial charge on any atom is 0.261 e. The highest BCUT2D eigenvalue weighted by Crippen LogP contribution is 2.31. The molecular formula is C27H31FN2O2S. The summed E-state index contributed by atoms with van der Waals surface area (Å²) < 4.78 is 41.5. The molecule has 0 spiro atoms. The van der Waals surface area contributed by atoms with Gasteiger partial charge >= 0.3 is 0 Å². The lowest BCUT2D eigenvalue weighted by atomic mass is 9.86. The van der Waals surface area contributed by atoms with Gasteiger partial charge in [-0.05, 0) is 77.4 Å². The van der Waals surface area contributed by atoms with Crippen molar-refractivity contribution < 1.29 is 12.8 Å². The van der Waals surface area contributed by atoms with E-state index in [1.807, 2.05) is 6.07 Å². The molecule has 0 fully saturated rings. The van der Waals surface area contributed by atoms with Crippen LogP contribution in [0.15, 0.2) is 71.6 Å². The first-order valence-electron chi connectivity index (χ1n) is 11.3. The van der Waals surface area contributed by atoms with Crippen LogP contribution in [0.3, 0.4) is 0 Å². The fraction of sp³-hybridized carbons (Fsp3) is 0.333. The molecule has 1 N–H and O–H groups in total. The Labute approximate surface area is 196 Å². The van der Waals surface area contributed by atoms with Gasteiger partial charge in [0.05, 0.1) is 4.90 Å². The number of rotatable bonds is 5. The maximum atomic E-state index is 13.1. The van der Waals surface area contributed by atoms with E-state index < -0.39 is 15.8 Å². The summed E-state index contributed by atoms with van der Waals surface area (Å²) in [5.41, 5.74) is 5.24. The van der Waals surface area contributed by atoms with Crippen LogP contribution in [-0.2, 0) is 28.4 Å². The van der Waals surface area contributed by atoms with Gasteiger partial charge in [-0.25, -0.2) is 12.8 Å². The third-order valence-corrected chi connectivity index (χ3v) is 7.81. The maximum absolute atomic E-state index is 13.1. The Hall–Kier alpha value is -2.70. The van der Waals surface area contributed by atoms with E-state index in [4.69, 9.17) is 0 Å². The lowest BCUT2D eigenvalue weighted by molar-refractivity contribution is 0.192. The predicted molar refractivity (Wildman–Crippen MR) is 131 cm³/mol. The molecule has 174 valence electrons. The molecule has 33 heavy (non-hydrogen) atoms. The zero-order chi connectivity index (χ0) is 23.8. The standard InChI is InChI=1S/C27H31FN2O2S/c1-19(20-5-8-23(9-6-20)27(2,3)4)30-16-15-21-7-14-26(17-22(21)18-30)33(31,32)29-25-12-10-24(28)11-13-25/h5-14,17,19,29H,15-16,18H2,1-4H3. The fourth-order valence-corrected chi connectivity index (χ4v) is 5.37. The van der Waals surface area contributed by atoms with E-state index in [0.717, 1.165) is 18.5 Å². The smallest absolute Gasteiger partial charge is 0.261 e. The first-order chi connectivity index (χ1) is 15.5. The molecule has 3 aromatic carbocycles. The molecule has 0 aromatic heterocycles. The Morgan fingerprint density at radius 2 is 1.61 bits per heavy atom. The molecule has 1 aliphatic heterocycles. The number of hydrogen-bond donors (Lipinski definition) is 1. The summed E-state index contributed by atoms with van der Waals surface area (Å²) >= 11 is 0. The van der Waals surface area contributed by atoms with Gasteiger partial charge in [-0.1, -0.05) is 51.1 Å². The number of halogens is 1. The monoisotopic (exact) mass is 466 g/mol. The van der Waals surface area contributed by atoms with Gasteiger partial charge in [0.2, 0.25) is 0 Å². The molecule has 0 saturated carbocycles. The summed E-state index contributed by atoms with van der Waals surface area (Å²) in [5, 5.41) is 0. The van der Waals surface area contributed by atoms with Crippen LogP contribution in [0, 0.1) is 5.82 Å². The molecule has 0 amide bonds. The number of nitrogens with one attached hydrogen (secondary N) is 1. The molecule has 1 atom stereocenters. The van der Waals surface area contributed by atoms with Crippen LogP contribution >= 0.6 is 0 Å². The van der Waals surface area contributed by atoms with E-state index in [1.165, 1.54) is 41.0 Å². The van der Waals surface area contributed by atoms with Gasteiger partial charge in [0.25, 0.3) is 10.0 Å². The van der Waals surface area contributed by atoms with Crippen molar-refractivity contribution in [2.24, 2.45) is 0 Å². The minimum atomic E-state index is -3.76. The van der Waals surface area contributed by atoms with E-state index in [1.54, 1.807) is 12.1 Å². The molecule has 0 saturated heterocycles. The molecule has 6 heteroatoms. The zero-order valence-corrected chi connectivity index (χ0v) is 20.4. The highest BCUT2D eigenvalue weighted by atomic mass is 32.2. The second-order valence-electron chi connectivity index (χ2n) is 9.81. The molecule has 3 aromatic rings. The fourth-order valence-electron chi connectivity index (χ4n) is 4.26. The van der Waals surface area contributed by atoms with Gasteiger partial charge in [-0.15, -0.1) is 0 Å². The first kappa shape index (κ1) is 23.5. The SMILES string of the molecule is CC(c1ccc(C(C)(C)C)cc1)N1CCc2ccc(S(=O)(=O)Nc3ccc(F)cc3)cc2C1. The second kappa shape index (κ2) is 8.92. The summed E-state index contributed by atoms with van der Waals surface area (Å²) in [6.45, 7) is 10.5. The molecule has 4 rings (SSSR count). The largest absolute Gasteiger partial charge is 0.292 e. The van der Waals surface area contributed by atoms with Gasteiger partial charge in [0, 0.05) is 24.8 Å². The summed E-state index contributed by atoms with van der Waals surface area (Å²) in [7, 11) is -3.76. The Balaban J connectivity index is 1.52. The van der Waals surface area contributed by atoms with Crippen LogP contribution in [0.1, 0.15) is 56.0 Å². The van der Waals surface area contributed by atoms with Crippen molar-refractivity contribution in [2.75, 3.05) is 11.3 Å². The van der Waals surface area contributed by atoms with Crippen LogP contribution in [0.5, 0.6) is 0 Å². The predicted octanol–water partition coefficient (Wildman–Crippen LogP) is 6.04. The molecular weight excluding hydrogens is 435 g/mol. The van der Waals surface area contributed by atoms with Crippen LogP contribution in [0.2, 0.25) is 0 Å². The average molecular weight is 467 g/mol. The summed E-state index contributed by atoms with van der Waals surface area (Å²) in [4.78, 5) is 2.60. The molecule has 4 nitrogen and oxygen atoms in total. The van der Waals surface area contributed by atoms with Crippen molar-refractivity contribution in [3.8, 4) is 0 Å². The highest BCUT2D eigenvalue weighted by Gasteiger charge is 2.24. The number of fused-ring (bicyclic) bond motifs is 1. The third kappa shape index (κ3) is 5.28. The lowest BCUT2D eigenvalue weighted by Gasteiger charge is -2.34. The molecule has 1 unspecified atom stereocenters. The minimum Gasteiger partial charge on any atom is -0.292 e. The lowest BCUT2D eigenvalue weighted by Crippen LogP contribution is -2.33. The number of nitrogens with zero attached hydrogens (tertiary/aromatic N) is 1. The third-order valence-electron chi connectivity index (χ3n) is 6.43. The Morgan fingerprint density at radius 1 is 0.939 bits per heavy atom. The highest BCUT2D eigenvalue weighted by molar-refractivity contribution is 7.92. The minimum absolute atomic E-state index is 0.121. The van der Waals surface area contributed by atoms with Gasteiger partial charge in [-0.3, -0.25) is 9.62 Å². The van der Waals surface area contributed by atoms with E-state index in [-0.39, 0.29) is 16.4 Å². The average Bonchev–Trinajstić information content (AvgIpc) is 2.78. The van der Waals surface area contributed by atoms with Crippen LogP contribution in [0.4, 0.5) is 10.1 Å². The van der Waals surface area contributed by atoms with E-state index in [9.17, 15) is 12.8 Å². The van der Waals surface area contributed by atoms with E-state index >= 15 is 0 Å². The van der Waals surface area contributed by atoms with Gasteiger partial charge in [-0.2, -0.15) is 0 Å². The van der Waals surface area contributed by atoms with E-state index in [2.05, 4.69) is 61.6 Å². The van der Waals surface area contributed by atoms with Crippen LogP contribution in [-0.4, -0.2) is 19.9 Å². The Bertz CT molecular complexity index is 1230. The summed E-state index contributed by atoms with van der Waals surface area (Å²) in [5.74, 6) is -0.408. The summed E-state index contributed by atoms with van der Waals surface area (Å²) in [6.07, 6.45) is 0.880. The molecule has 0 radical (unpaired) electrons. The normalized spacial score (nSPS) is 15.7. The second-order valence-corrected chi connectivity index (χ2v) is 11.5. The topological polar surface area (TPSA) is 49.4 Å². The van der Waals surface area contributed by atoms with Crippen molar-refractivity contribution >= 4 is 15.7 Å². The quantitative estimate of drug-likeness (QED) is 0.498. The van der Waals surface area contributed by atoms with Crippen molar-refractivity contribution in [3.05, 3.63) is 94.8 Å². The number of anilines is 1. The van der Waals surface area contributed by atoms with Gasteiger partial charge in [0.1, 0.15) is 5.82 Å².